The van der Waals surface area contributed by atoms with Crippen LogP contribution in [0.4, 0.5) is 0 Å². The molecule has 1 aliphatic rings. The Kier molecular flexibility index (Phi) is 6.39. The minimum atomic E-state index is 0.410. The number of imidazole rings is 1. The Morgan fingerprint density at radius 1 is 1.46 bits per heavy atom. The molecule has 1 aromatic carbocycles. The summed E-state index contributed by atoms with van der Waals surface area (Å²) in [6.45, 7) is 5.46. The van der Waals surface area contributed by atoms with Crippen LogP contribution in [0.1, 0.15) is 19.4 Å². The second kappa shape index (κ2) is 8.94. The van der Waals surface area contributed by atoms with Crippen molar-refractivity contribution in [3.8, 4) is 5.75 Å². The average molecular weight is 376 g/mol. The van der Waals surface area contributed by atoms with Crippen molar-refractivity contribution in [2.24, 2.45) is 10.9 Å². The van der Waals surface area contributed by atoms with E-state index in [1.807, 2.05) is 50.0 Å². The zero-order valence-electron chi connectivity index (χ0n) is 15.3. The van der Waals surface area contributed by atoms with E-state index in [1.54, 1.807) is 0 Å². The van der Waals surface area contributed by atoms with Gasteiger partial charge in [0.25, 0.3) is 0 Å². The van der Waals surface area contributed by atoms with Crippen LogP contribution in [0.3, 0.4) is 0 Å². The number of rotatable bonds is 5. The summed E-state index contributed by atoms with van der Waals surface area (Å²) in [5.74, 6) is 2.31. The van der Waals surface area contributed by atoms with Crippen LogP contribution in [0.5, 0.6) is 5.75 Å². The number of nitrogens with zero attached hydrogens (tertiary/aromatic N) is 4. The summed E-state index contributed by atoms with van der Waals surface area (Å²) in [5.41, 5.74) is 0. The molecule has 2 unspecified atom stereocenters. The third-order valence-corrected chi connectivity index (χ3v) is 5.02. The largest absolute Gasteiger partial charge is 0.492 e. The standard InChI is InChI=1S/C19H26ClN5O/c1-15-6-9-24(13-18(15)25-10-7-22-14-25)19(21-2)23-8-11-26-17-5-3-4-16(20)12-17/h3-5,7,10,12,14-15,18H,6,8-9,11,13H2,1-2H3,(H,21,23). The molecule has 2 aromatic rings. The molecule has 140 valence electrons. The lowest BCUT2D eigenvalue weighted by Gasteiger charge is -2.39. The van der Waals surface area contributed by atoms with E-state index in [2.05, 4.69) is 31.7 Å². The van der Waals surface area contributed by atoms with E-state index in [-0.39, 0.29) is 0 Å². The topological polar surface area (TPSA) is 54.7 Å². The molecule has 7 heteroatoms. The number of halogens is 1. The van der Waals surface area contributed by atoms with Gasteiger partial charge in [-0.25, -0.2) is 4.98 Å². The third-order valence-electron chi connectivity index (χ3n) is 4.79. The van der Waals surface area contributed by atoms with E-state index >= 15 is 0 Å². The highest BCUT2D eigenvalue weighted by molar-refractivity contribution is 6.30. The van der Waals surface area contributed by atoms with Gasteiger partial charge < -0.3 is 19.5 Å². The van der Waals surface area contributed by atoms with Crippen molar-refractivity contribution in [3.05, 3.63) is 48.0 Å². The van der Waals surface area contributed by atoms with Gasteiger partial charge in [-0.3, -0.25) is 4.99 Å². The number of hydrogen-bond acceptors (Lipinski definition) is 3. The second-order valence-corrected chi connectivity index (χ2v) is 7.01. The number of nitrogens with one attached hydrogen (secondary N) is 1. The van der Waals surface area contributed by atoms with Gasteiger partial charge in [0, 0.05) is 37.6 Å². The molecule has 2 heterocycles. The Morgan fingerprint density at radius 3 is 3.08 bits per heavy atom. The summed E-state index contributed by atoms with van der Waals surface area (Å²) in [5, 5.41) is 4.08. The number of piperidine rings is 1. The van der Waals surface area contributed by atoms with Gasteiger partial charge in [-0.2, -0.15) is 0 Å². The number of ether oxygens (including phenoxy) is 1. The maximum absolute atomic E-state index is 5.97. The molecule has 0 radical (unpaired) electrons. The summed E-state index contributed by atoms with van der Waals surface area (Å²) in [6.07, 6.45) is 6.91. The quantitative estimate of drug-likeness (QED) is 0.495. The van der Waals surface area contributed by atoms with Crippen LogP contribution in [-0.2, 0) is 0 Å². The van der Waals surface area contributed by atoms with Gasteiger partial charge in [0.2, 0.25) is 0 Å². The first-order valence-corrected chi connectivity index (χ1v) is 9.36. The van der Waals surface area contributed by atoms with Crippen molar-refractivity contribution in [1.82, 2.24) is 19.8 Å². The van der Waals surface area contributed by atoms with E-state index in [1.165, 1.54) is 0 Å². The van der Waals surface area contributed by atoms with E-state index in [4.69, 9.17) is 16.3 Å². The number of aliphatic imine (C=N–C) groups is 1. The summed E-state index contributed by atoms with van der Waals surface area (Å²) in [6, 6.07) is 7.85. The highest BCUT2D eigenvalue weighted by Gasteiger charge is 2.28. The SMILES string of the molecule is CN=C(NCCOc1cccc(Cl)c1)N1CCC(C)C(n2ccnc2)C1. The van der Waals surface area contributed by atoms with Crippen molar-refractivity contribution < 1.29 is 4.74 Å². The van der Waals surface area contributed by atoms with E-state index < -0.39 is 0 Å². The zero-order valence-corrected chi connectivity index (χ0v) is 16.1. The number of benzene rings is 1. The molecule has 1 aromatic heterocycles. The van der Waals surface area contributed by atoms with Gasteiger partial charge in [-0.1, -0.05) is 24.6 Å². The van der Waals surface area contributed by atoms with Crippen molar-refractivity contribution in [2.45, 2.75) is 19.4 Å². The molecule has 2 atom stereocenters. The van der Waals surface area contributed by atoms with Crippen LogP contribution in [0, 0.1) is 5.92 Å². The van der Waals surface area contributed by atoms with E-state index in [0.717, 1.165) is 31.2 Å². The maximum Gasteiger partial charge on any atom is 0.193 e. The lowest BCUT2D eigenvalue weighted by atomic mass is 9.93. The van der Waals surface area contributed by atoms with Gasteiger partial charge in [0.15, 0.2) is 5.96 Å². The monoisotopic (exact) mass is 375 g/mol. The Balaban J connectivity index is 1.50. The Morgan fingerprint density at radius 2 is 2.35 bits per heavy atom. The summed E-state index contributed by atoms with van der Waals surface area (Å²) < 4.78 is 7.93. The minimum Gasteiger partial charge on any atom is -0.492 e. The average Bonchev–Trinajstić information content (AvgIpc) is 3.17. The van der Waals surface area contributed by atoms with Gasteiger partial charge >= 0.3 is 0 Å². The summed E-state index contributed by atoms with van der Waals surface area (Å²) in [4.78, 5) is 10.9. The summed E-state index contributed by atoms with van der Waals surface area (Å²) in [7, 11) is 1.82. The molecule has 0 amide bonds. The van der Waals surface area contributed by atoms with Gasteiger partial charge in [0.1, 0.15) is 12.4 Å². The lowest BCUT2D eigenvalue weighted by molar-refractivity contribution is 0.188. The normalized spacial score (nSPS) is 20.9. The highest BCUT2D eigenvalue weighted by atomic mass is 35.5. The van der Waals surface area contributed by atoms with Crippen LogP contribution in [0.25, 0.3) is 0 Å². The Labute approximate surface area is 159 Å². The van der Waals surface area contributed by atoms with Crippen LogP contribution in [0.2, 0.25) is 5.02 Å². The number of aromatic nitrogens is 2. The Bertz CT molecular complexity index is 718. The molecule has 6 nitrogen and oxygen atoms in total. The predicted octanol–water partition coefficient (Wildman–Crippen LogP) is 3.07. The minimum absolute atomic E-state index is 0.410. The van der Waals surface area contributed by atoms with E-state index in [9.17, 15) is 0 Å². The van der Waals surface area contributed by atoms with Crippen molar-refractivity contribution in [1.29, 1.82) is 0 Å². The van der Waals surface area contributed by atoms with Crippen LogP contribution in [0.15, 0.2) is 48.0 Å². The maximum atomic E-state index is 5.97. The molecule has 3 rings (SSSR count). The molecular weight excluding hydrogens is 350 g/mol. The first-order valence-electron chi connectivity index (χ1n) is 8.99. The van der Waals surface area contributed by atoms with Crippen molar-refractivity contribution in [2.75, 3.05) is 33.3 Å². The van der Waals surface area contributed by atoms with E-state index in [0.29, 0.717) is 30.1 Å². The van der Waals surface area contributed by atoms with Gasteiger partial charge in [-0.15, -0.1) is 0 Å². The molecule has 1 aliphatic heterocycles. The summed E-state index contributed by atoms with van der Waals surface area (Å²) >= 11 is 5.97. The number of hydrogen-bond donors (Lipinski definition) is 1. The van der Waals surface area contributed by atoms with Crippen LogP contribution < -0.4 is 10.1 Å². The Hall–Kier alpha value is -2.21. The fourth-order valence-electron chi connectivity index (χ4n) is 3.32. The molecule has 0 bridgehead atoms. The molecule has 1 fully saturated rings. The first kappa shape index (κ1) is 18.6. The van der Waals surface area contributed by atoms with Crippen LogP contribution >= 0.6 is 11.6 Å². The zero-order chi connectivity index (χ0) is 18.4. The number of guanidine groups is 1. The van der Waals surface area contributed by atoms with Crippen LogP contribution in [-0.4, -0.2) is 53.7 Å². The molecule has 1 N–H and O–H groups in total. The van der Waals surface area contributed by atoms with Crippen molar-refractivity contribution >= 4 is 17.6 Å². The second-order valence-electron chi connectivity index (χ2n) is 6.57. The fraction of sp³-hybridized carbons (Fsp3) is 0.474. The molecule has 0 aliphatic carbocycles. The fourth-order valence-corrected chi connectivity index (χ4v) is 3.50. The predicted molar refractivity (Wildman–Crippen MR) is 105 cm³/mol. The third kappa shape index (κ3) is 4.69. The molecule has 0 saturated carbocycles. The van der Waals surface area contributed by atoms with Crippen molar-refractivity contribution in [3.63, 3.8) is 0 Å². The highest BCUT2D eigenvalue weighted by Crippen LogP contribution is 2.27. The smallest absolute Gasteiger partial charge is 0.193 e. The number of likely N-dealkylation sites (tertiary alicyclic amines) is 1. The molecule has 1 saturated heterocycles. The first-order chi connectivity index (χ1) is 12.7. The molecular formula is C19H26ClN5O. The lowest BCUT2D eigenvalue weighted by Crippen LogP contribution is -2.49. The molecule has 0 spiro atoms. The molecule has 26 heavy (non-hydrogen) atoms. The van der Waals surface area contributed by atoms with Gasteiger partial charge in [-0.05, 0) is 30.5 Å². The van der Waals surface area contributed by atoms with Gasteiger partial charge in [0.05, 0.1) is 18.9 Å².